The number of rotatable bonds is 6. The van der Waals surface area contributed by atoms with E-state index in [0.29, 0.717) is 29.7 Å². The average molecular weight is 453 g/mol. The highest BCUT2D eigenvalue weighted by Crippen LogP contribution is 2.32. The molecule has 1 N–H and O–H groups in total. The van der Waals surface area contributed by atoms with Gasteiger partial charge in [0.1, 0.15) is 11.5 Å². The first-order chi connectivity index (χ1) is 15.1. The molecule has 13 heteroatoms. The fraction of sp³-hybridized carbons (Fsp3) is 0.421. The molecule has 4 heterocycles. The Kier molecular flexibility index (Phi) is 5.67. The summed E-state index contributed by atoms with van der Waals surface area (Å²) in [5, 5.41) is 7.53. The second-order valence-electron chi connectivity index (χ2n) is 7.39. The molecule has 1 amide bonds. The number of pyridine rings is 1. The maximum absolute atomic E-state index is 13.8. The van der Waals surface area contributed by atoms with Gasteiger partial charge in [-0.15, -0.1) is 5.10 Å². The molecule has 1 fully saturated rings. The van der Waals surface area contributed by atoms with Crippen LogP contribution >= 0.6 is 0 Å². The van der Waals surface area contributed by atoms with Crippen LogP contribution in [0.25, 0.3) is 16.9 Å². The minimum Gasteiger partial charge on any atom is -0.352 e. The predicted octanol–water partition coefficient (Wildman–Crippen LogP) is 3.10. The number of carbonyl (C=O) groups is 1. The van der Waals surface area contributed by atoms with Gasteiger partial charge in [0.2, 0.25) is 5.91 Å². The lowest BCUT2D eigenvalue weighted by Gasteiger charge is -2.16. The van der Waals surface area contributed by atoms with Gasteiger partial charge in [-0.25, -0.2) is 15.0 Å². The van der Waals surface area contributed by atoms with Crippen LogP contribution in [-0.4, -0.2) is 56.4 Å². The number of amides is 1. The zero-order valence-corrected chi connectivity index (χ0v) is 17.1. The standard InChI is InChI=1S/C19H19F4N7O2/c1-10(31)26-15-7-13-12(8-25-15)16(29-6-4-11(9-29)32-17(20)21)28-30(13)18-24-5-3-14(27-18)19(2,22)23/h3,5,7-8,11,17H,4,6,9H2,1-2H3,(H,25,26,31). The van der Waals surface area contributed by atoms with Crippen molar-refractivity contribution in [1.82, 2.24) is 24.7 Å². The fourth-order valence-corrected chi connectivity index (χ4v) is 3.50. The Balaban J connectivity index is 1.80. The molecule has 1 unspecified atom stereocenters. The number of fused-ring (bicyclic) bond motifs is 1. The summed E-state index contributed by atoms with van der Waals surface area (Å²) in [6, 6.07) is 2.61. The molecule has 0 spiro atoms. The van der Waals surface area contributed by atoms with Gasteiger partial charge in [0.25, 0.3) is 11.9 Å². The molecule has 0 aliphatic carbocycles. The highest BCUT2D eigenvalue weighted by molar-refractivity contribution is 5.95. The Morgan fingerprint density at radius 1 is 1.34 bits per heavy atom. The van der Waals surface area contributed by atoms with Crippen LogP contribution in [0, 0.1) is 0 Å². The van der Waals surface area contributed by atoms with Gasteiger partial charge in [-0.05, 0) is 12.5 Å². The molecule has 1 atom stereocenters. The minimum absolute atomic E-state index is 0.111. The number of aromatic nitrogens is 5. The van der Waals surface area contributed by atoms with Gasteiger partial charge in [0.15, 0.2) is 5.82 Å². The second kappa shape index (κ2) is 8.30. The van der Waals surface area contributed by atoms with Crippen molar-refractivity contribution in [2.75, 3.05) is 23.3 Å². The van der Waals surface area contributed by atoms with Crippen LogP contribution < -0.4 is 10.2 Å². The second-order valence-corrected chi connectivity index (χ2v) is 7.39. The van der Waals surface area contributed by atoms with Crippen molar-refractivity contribution in [3.63, 3.8) is 0 Å². The zero-order valence-electron chi connectivity index (χ0n) is 17.1. The number of ether oxygens (including phenoxy) is 1. The molecule has 1 saturated heterocycles. The summed E-state index contributed by atoms with van der Waals surface area (Å²) >= 11 is 0. The molecule has 0 aromatic carbocycles. The van der Waals surface area contributed by atoms with Crippen LogP contribution in [0.4, 0.5) is 29.2 Å². The highest BCUT2D eigenvalue weighted by atomic mass is 19.3. The van der Waals surface area contributed by atoms with E-state index in [9.17, 15) is 22.4 Å². The summed E-state index contributed by atoms with van der Waals surface area (Å²) in [4.78, 5) is 25.4. The van der Waals surface area contributed by atoms with E-state index in [1.54, 1.807) is 4.90 Å². The Bertz CT molecular complexity index is 1150. The van der Waals surface area contributed by atoms with Crippen LogP contribution in [0.5, 0.6) is 0 Å². The molecule has 3 aromatic heterocycles. The molecule has 4 rings (SSSR count). The smallest absolute Gasteiger partial charge is 0.345 e. The summed E-state index contributed by atoms with van der Waals surface area (Å²) in [7, 11) is 0. The number of nitrogens with zero attached hydrogens (tertiary/aromatic N) is 6. The SMILES string of the molecule is CC(=O)Nc1cc2c(cn1)c(N1CCC(OC(F)F)C1)nn2-c1nccc(C(C)(F)F)n1. The topological polar surface area (TPSA) is 98.1 Å². The van der Waals surface area contributed by atoms with Crippen LogP contribution in [0.1, 0.15) is 26.0 Å². The van der Waals surface area contributed by atoms with Gasteiger partial charge in [0.05, 0.1) is 17.0 Å². The van der Waals surface area contributed by atoms with Crippen molar-refractivity contribution in [2.45, 2.75) is 38.9 Å². The normalized spacial score (nSPS) is 16.8. The van der Waals surface area contributed by atoms with Crippen molar-refractivity contribution < 1.29 is 27.1 Å². The maximum Gasteiger partial charge on any atom is 0.345 e. The first kappa shape index (κ1) is 21.9. The first-order valence-corrected chi connectivity index (χ1v) is 9.68. The van der Waals surface area contributed by atoms with Crippen LogP contribution in [0.3, 0.4) is 0 Å². The molecule has 0 bridgehead atoms. The molecule has 32 heavy (non-hydrogen) atoms. The number of hydrogen-bond acceptors (Lipinski definition) is 7. The van der Waals surface area contributed by atoms with Gasteiger partial charge in [-0.1, -0.05) is 0 Å². The molecule has 0 saturated carbocycles. The monoisotopic (exact) mass is 453 g/mol. The first-order valence-electron chi connectivity index (χ1n) is 9.68. The Morgan fingerprint density at radius 2 is 2.12 bits per heavy atom. The van der Waals surface area contributed by atoms with E-state index < -0.39 is 24.3 Å². The van der Waals surface area contributed by atoms with Crippen LogP contribution in [0.15, 0.2) is 24.5 Å². The largest absolute Gasteiger partial charge is 0.352 e. The summed E-state index contributed by atoms with van der Waals surface area (Å²) in [6.45, 7) is -0.290. The number of alkyl halides is 4. The molecule has 1 aliphatic heterocycles. The molecule has 9 nitrogen and oxygen atoms in total. The maximum atomic E-state index is 13.8. The fourth-order valence-electron chi connectivity index (χ4n) is 3.50. The van der Waals surface area contributed by atoms with Gasteiger partial charge in [-0.3, -0.25) is 4.79 Å². The summed E-state index contributed by atoms with van der Waals surface area (Å²) < 4.78 is 58.7. The third kappa shape index (κ3) is 4.47. The van der Waals surface area contributed by atoms with Crippen molar-refractivity contribution >= 4 is 28.4 Å². The molecule has 3 aromatic rings. The third-order valence-corrected chi connectivity index (χ3v) is 4.87. The van der Waals surface area contributed by atoms with E-state index in [-0.39, 0.29) is 24.2 Å². The van der Waals surface area contributed by atoms with E-state index in [4.69, 9.17) is 0 Å². The minimum atomic E-state index is -3.19. The summed E-state index contributed by atoms with van der Waals surface area (Å²) in [5.74, 6) is -3.05. The van der Waals surface area contributed by atoms with Gasteiger partial charge < -0.3 is 15.0 Å². The molecule has 0 radical (unpaired) electrons. The van der Waals surface area contributed by atoms with E-state index in [1.165, 1.54) is 30.1 Å². The Hall–Kier alpha value is -3.35. The lowest BCUT2D eigenvalue weighted by atomic mass is 10.2. The van der Waals surface area contributed by atoms with Crippen molar-refractivity contribution in [3.8, 4) is 5.95 Å². The van der Waals surface area contributed by atoms with Gasteiger partial charge in [0, 0.05) is 45.4 Å². The van der Waals surface area contributed by atoms with E-state index in [0.717, 1.165) is 13.0 Å². The lowest BCUT2D eigenvalue weighted by molar-refractivity contribution is -0.156. The van der Waals surface area contributed by atoms with Gasteiger partial charge in [-0.2, -0.15) is 22.2 Å². The van der Waals surface area contributed by atoms with Crippen LogP contribution in [-0.2, 0) is 15.5 Å². The average Bonchev–Trinajstić information content (AvgIpc) is 3.30. The summed E-state index contributed by atoms with van der Waals surface area (Å²) in [6.07, 6.45) is 2.34. The van der Waals surface area contributed by atoms with E-state index in [1.807, 2.05) is 0 Å². The van der Waals surface area contributed by atoms with Crippen molar-refractivity contribution in [2.24, 2.45) is 0 Å². The molecular weight excluding hydrogens is 434 g/mol. The van der Waals surface area contributed by atoms with Crippen molar-refractivity contribution in [1.29, 1.82) is 0 Å². The lowest BCUT2D eigenvalue weighted by Crippen LogP contribution is -2.24. The number of carbonyl (C=O) groups excluding carboxylic acids is 1. The van der Waals surface area contributed by atoms with Crippen molar-refractivity contribution in [3.05, 3.63) is 30.2 Å². The number of hydrogen-bond donors (Lipinski definition) is 1. The molecule has 170 valence electrons. The quantitative estimate of drug-likeness (QED) is 0.573. The number of halogens is 4. The molecule has 1 aliphatic rings. The number of anilines is 2. The van der Waals surface area contributed by atoms with Crippen LogP contribution in [0.2, 0.25) is 0 Å². The molecular formula is C19H19F4N7O2. The van der Waals surface area contributed by atoms with Gasteiger partial charge >= 0.3 is 6.61 Å². The zero-order chi connectivity index (χ0) is 23.0. The summed E-state index contributed by atoms with van der Waals surface area (Å²) in [5.41, 5.74) is -0.0936. The third-order valence-electron chi connectivity index (χ3n) is 4.87. The Labute approximate surface area is 179 Å². The number of nitrogens with one attached hydrogen (secondary N) is 1. The predicted molar refractivity (Wildman–Crippen MR) is 106 cm³/mol. The Morgan fingerprint density at radius 3 is 2.81 bits per heavy atom. The highest BCUT2D eigenvalue weighted by Gasteiger charge is 2.31. The van der Waals surface area contributed by atoms with E-state index >= 15 is 0 Å². The van der Waals surface area contributed by atoms with E-state index in [2.05, 4.69) is 30.1 Å².